The molecule has 2 aromatic carbocycles. The summed E-state index contributed by atoms with van der Waals surface area (Å²) in [5.74, 6) is -0.745. The van der Waals surface area contributed by atoms with E-state index in [9.17, 15) is 14.4 Å². The van der Waals surface area contributed by atoms with Crippen molar-refractivity contribution < 1.29 is 24.2 Å². The van der Waals surface area contributed by atoms with Gasteiger partial charge in [0.05, 0.1) is 10.5 Å². The second kappa shape index (κ2) is 8.62. The number of thioether (sulfide) groups is 1. The Balaban J connectivity index is 1.81. The van der Waals surface area contributed by atoms with E-state index in [-0.39, 0.29) is 23.3 Å². The van der Waals surface area contributed by atoms with E-state index in [4.69, 9.17) is 9.84 Å². The maximum Gasteiger partial charge on any atom is 0.335 e. The number of aromatic carboxylic acids is 1. The molecule has 6 nitrogen and oxygen atoms in total. The van der Waals surface area contributed by atoms with Gasteiger partial charge in [-0.05, 0) is 60.7 Å². The van der Waals surface area contributed by atoms with Gasteiger partial charge in [0.1, 0.15) is 12.4 Å². The Kier molecular flexibility index (Phi) is 6.21. The summed E-state index contributed by atoms with van der Waals surface area (Å²) in [4.78, 5) is 36.7. The molecule has 2 aromatic rings. The molecule has 1 N–H and O–H groups in total. The van der Waals surface area contributed by atoms with Crippen molar-refractivity contribution in [3.63, 3.8) is 0 Å². The van der Waals surface area contributed by atoms with E-state index in [2.05, 4.69) is 15.9 Å². The Bertz CT molecular complexity index is 971. The quantitative estimate of drug-likeness (QED) is 0.622. The van der Waals surface area contributed by atoms with Gasteiger partial charge >= 0.3 is 5.97 Å². The first kappa shape index (κ1) is 20.2. The van der Waals surface area contributed by atoms with Gasteiger partial charge < -0.3 is 9.84 Å². The fraction of sp³-hybridized carbons (Fsp3) is 0.150. The maximum atomic E-state index is 12.3. The molecular weight excluding hydrogens is 446 g/mol. The third-order valence-corrected chi connectivity index (χ3v) is 5.44. The van der Waals surface area contributed by atoms with E-state index in [0.29, 0.717) is 22.8 Å². The van der Waals surface area contributed by atoms with Crippen LogP contribution in [-0.2, 0) is 11.4 Å². The van der Waals surface area contributed by atoms with E-state index in [1.807, 2.05) is 12.1 Å². The van der Waals surface area contributed by atoms with E-state index in [1.54, 1.807) is 31.2 Å². The summed E-state index contributed by atoms with van der Waals surface area (Å²) in [5.41, 5.74) is 1.68. The smallest absolute Gasteiger partial charge is 0.335 e. The van der Waals surface area contributed by atoms with Gasteiger partial charge in [-0.25, -0.2) is 4.79 Å². The van der Waals surface area contributed by atoms with E-state index in [1.165, 1.54) is 17.0 Å². The molecule has 1 aliphatic rings. The van der Waals surface area contributed by atoms with Crippen molar-refractivity contribution in [2.75, 3.05) is 6.54 Å². The number of carboxylic acid groups (broad SMARTS) is 1. The first-order valence-electron chi connectivity index (χ1n) is 8.39. The van der Waals surface area contributed by atoms with Crippen molar-refractivity contribution in [1.29, 1.82) is 0 Å². The topological polar surface area (TPSA) is 83.9 Å². The number of rotatable bonds is 6. The van der Waals surface area contributed by atoms with Crippen LogP contribution in [-0.4, -0.2) is 33.7 Å². The zero-order valence-electron chi connectivity index (χ0n) is 14.8. The number of carbonyl (C=O) groups excluding carboxylic acids is 2. The Morgan fingerprint density at radius 1 is 1.21 bits per heavy atom. The minimum absolute atomic E-state index is 0.208. The highest BCUT2D eigenvalue weighted by Crippen LogP contribution is 2.34. The van der Waals surface area contributed by atoms with Gasteiger partial charge in [-0.15, -0.1) is 0 Å². The summed E-state index contributed by atoms with van der Waals surface area (Å²) in [6.45, 7) is 2.32. The summed E-state index contributed by atoms with van der Waals surface area (Å²) in [7, 11) is 0. The van der Waals surface area contributed by atoms with Crippen LogP contribution in [0.15, 0.2) is 51.8 Å². The summed E-state index contributed by atoms with van der Waals surface area (Å²) in [6, 6.07) is 11.8. The lowest BCUT2D eigenvalue weighted by Crippen LogP contribution is -2.27. The minimum Gasteiger partial charge on any atom is -0.488 e. The molecule has 0 aliphatic carbocycles. The van der Waals surface area contributed by atoms with Crippen LogP contribution in [0.3, 0.4) is 0 Å². The fourth-order valence-electron chi connectivity index (χ4n) is 2.58. The lowest BCUT2D eigenvalue weighted by atomic mass is 10.1. The van der Waals surface area contributed by atoms with Gasteiger partial charge in [-0.2, -0.15) is 0 Å². The van der Waals surface area contributed by atoms with Crippen LogP contribution in [0, 0.1) is 0 Å². The number of imide groups is 1. The van der Waals surface area contributed by atoms with Crippen LogP contribution in [0.25, 0.3) is 6.08 Å². The standard InChI is InChI=1S/C20H16BrNO5S/c1-2-22-18(23)17(28-20(22)26)10-14-9-15(21)7-8-16(14)27-11-12-3-5-13(6-4-12)19(24)25/h3-10H,2,11H2,1H3,(H,24,25)/b17-10+. The van der Waals surface area contributed by atoms with Gasteiger partial charge in [-0.3, -0.25) is 14.5 Å². The molecule has 8 heteroatoms. The highest BCUT2D eigenvalue weighted by atomic mass is 79.9. The second-order valence-electron chi connectivity index (χ2n) is 5.90. The number of amides is 2. The largest absolute Gasteiger partial charge is 0.488 e. The number of halogens is 1. The normalized spacial score (nSPS) is 15.4. The number of hydrogen-bond acceptors (Lipinski definition) is 5. The van der Waals surface area contributed by atoms with Gasteiger partial charge in [0.2, 0.25) is 0 Å². The van der Waals surface area contributed by atoms with Gasteiger partial charge in [-0.1, -0.05) is 28.1 Å². The zero-order chi connectivity index (χ0) is 20.3. The van der Waals surface area contributed by atoms with Crippen LogP contribution < -0.4 is 4.74 Å². The number of nitrogens with zero attached hydrogens (tertiary/aromatic N) is 1. The lowest BCUT2D eigenvalue weighted by Gasteiger charge is -2.11. The van der Waals surface area contributed by atoms with Gasteiger partial charge in [0.15, 0.2) is 0 Å². The van der Waals surface area contributed by atoms with Crippen molar-refractivity contribution in [2.24, 2.45) is 0 Å². The Morgan fingerprint density at radius 2 is 1.93 bits per heavy atom. The second-order valence-corrected chi connectivity index (χ2v) is 7.81. The number of ether oxygens (including phenoxy) is 1. The summed E-state index contributed by atoms with van der Waals surface area (Å²) in [6.07, 6.45) is 1.65. The predicted molar refractivity (Wildman–Crippen MR) is 110 cm³/mol. The summed E-state index contributed by atoms with van der Waals surface area (Å²) >= 11 is 4.31. The third kappa shape index (κ3) is 4.45. The van der Waals surface area contributed by atoms with Crippen molar-refractivity contribution in [2.45, 2.75) is 13.5 Å². The molecule has 144 valence electrons. The number of carboxylic acids is 1. The van der Waals surface area contributed by atoms with Crippen LogP contribution in [0.4, 0.5) is 4.79 Å². The predicted octanol–water partition coefficient (Wildman–Crippen LogP) is 4.78. The van der Waals surface area contributed by atoms with E-state index < -0.39 is 5.97 Å². The maximum absolute atomic E-state index is 12.3. The fourth-order valence-corrected chi connectivity index (χ4v) is 3.85. The van der Waals surface area contributed by atoms with Crippen LogP contribution in [0.5, 0.6) is 5.75 Å². The van der Waals surface area contributed by atoms with Crippen LogP contribution in [0.2, 0.25) is 0 Å². The van der Waals surface area contributed by atoms with E-state index >= 15 is 0 Å². The molecule has 0 atom stereocenters. The molecule has 28 heavy (non-hydrogen) atoms. The Morgan fingerprint density at radius 3 is 2.54 bits per heavy atom. The average molecular weight is 462 g/mol. The number of benzene rings is 2. The number of carbonyl (C=O) groups is 3. The summed E-state index contributed by atoms with van der Waals surface area (Å²) < 4.78 is 6.68. The third-order valence-electron chi connectivity index (χ3n) is 4.04. The molecule has 0 aromatic heterocycles. The van der Waals surface area contributed by atoms with Crippen molar-refractivity contribution in [3.8, 4) is 5.75 Å². The molecular formula is C20H16BrNO5S. The molecule has 0 unspecified atom stereocenters. The van der Waals surface area contributed by atoms with Crippen LogP contribution >= 0.6 is 27.7 Å². The number of hydrogen-bond donors (Lipinski definition) is 1. The Hall–Kier alpha value is -2.58. The highest BCUT2D eigenvalue weighted by Gasteiger charge is 2.33. The highest BCUT2D eigenvalue weighted by molar-refractivity contribution is 9.10. The monoisotopic (exact) mass is 461 g/mol. The Labute approximate surface area is 174 Å². The SMILES string of the molecule is CCN1C(=O)S/C(=C/c2cc(Br)ccc2OCc2ccc(C(=O)O)cc2)C1=O. The van der Waals surface area contributed by atoms with E-state index in [0.717, 1.165) is 21.8 Å². The molecule has 0 saturated carbocycles. The molecule has 3 rings (SSSR count). The molecule has 0 spiro atoms. The first-order chi connectivity index (χ1) is 13.4. The molecule has 0 bridgehead atoms. The first-order valence-corrected chi connectivity index (χ1v) is 10.00. The molecule has 1 heterocycles. The zero-order valence-corrected chi connectivity index (χ0v) is 17.2. The molecule has 2 amide bonds. The van der Waals surface area contributed by atoms with Crippen LogP contribution in [0.1, 0.15) is 28.4 Å². The molecule has 1 fully saturated rings. The molecule has 0 radical (unpaired) electrons. The van der Waals surface area contributed by atoms with Gasteiger partial charge in [0.25, 0.3) is 11.1 Å². The molecule has 1 saturated heterocycles. The number of likely N-dealkylation sites (N-methyl/N-ethyl adjacent to an activating group) is 1. The lowest BCUT2D eigenvalue weighted by molar-refractivity contribution is -0.122. The average Bonchev–Trinajstić information content (AvgIpc) is 2.94. The minimum atomic E-state index is -0.983. The summed E-state index contributed by atoms with van der Waals surface area (Å²) in [5, 5.41) is 8.68. The van der Waals surface area contributed by atoms with Gasteiger partial charge in [0, 0.05) is 16.6 Å². The van der Waals surface area contributed by atoms with Crippen molar-refractivity contribution in [1.82, 2.24) is 4.90 Å². The molecule has 1 aliphatic heterocycles. The van der Waals surface area contributed by atoms with Crippen molar-refractivity contribution >= 4 is 50.9 Å². The van der Waals surface area contributed by atoms with Crippen molar-refractivity contribution in [3.05, 3.63) is 68.5 Å².